The van der Waals surface area contributed by atoms with E-state index in [1.807, 2.05) is 0 Å². The maximum atomic E-state index is 12.1. The molecule has 0 atom stereocenters. The SMILES string of the molecule is [CH2]CCCC=CCCCN1C(=O)c2ccccc2C1=O. The molecule has 3 heteroatoms. The van der Waals surface area contributed by atoms with E-state index in [-0.39, 0.29) is 11.8 Å². The highest BCUT2D eigenvalue weighted by molar-refractivity contribution is 6.21. The summed E-state index contributed by atoms with van der Waals surface area (Å²) in [5.41, 5.74) is 1.06. The number of benzene rings is 1. The molecule has 3 nitrogen and oxygen atoms in total. The number of unbranched alkanes of at least 4 members (excludes halogenated alkanes) is 3. The van der Waals surface area contributed by atoms with Crippen LogP contribution in [0, 0.1) is 6.92 Å². The van der Waals surface area contributed by atoms with Crippen molar-refractivity contribution in [1.82, 2.24) is 4.90 Å². The van der Waals surface area contributed by atoms with Gasteiger partial charge in [0.05, 0.1) is 11.1 Å². The summed E-state index contributed by atoms with van der Waals surface area (Å²) in [5, 5.41) is 0. The van der Waals surface area contributed by atoms with Crippen LogP contribution < -0.4 is 0 Å². The molecule has 0 aliphatic carbocycles. The van der Waals surface area contributed by atoms with E-state index in [2.05, 4.69) is 19.1 Å². The smallest absolute Gasteiger partial charge is 0.261 e. The fourth-order valence-electron chi connectivity index (χ4n) is 2.31. The first kappa shape index (κ1) is 14.5. The average Bonchev–Trinajstić information content (AvgIpc) is 2.71. The molecular formula is C17H20NO2. The number of amides is 2. The van der Waals surface area contributed by atoms with E-state index in [1.54, 1.807) is 24.3 Å². The maximum Gasteiger partial charge on any atom is 0.261 e. The summed E-state index contributed by atoms with van der Waals surface area (Å²) in [6.45, 7) is 4.28. The van der Waals surface area contributed by atoms with E-state index in [0.29, 0.717) is 17.7 Å². The van der Waals surface area contributed by atoms with Crippen molar-refractivity contribution >= 4 is 11.8 Å². The Morgan fingerprint density at radius 3 is 2.05 bits per heavy atom. The van der Waals surface area contributed by atoms with E-state index < -0.39 is 0 Å². The average molecular weight is 270 g/mol. The van der Waals surface area contributed by atoms with Crippen molar-refractivity contribution in [1.29, 1.82) is 0 Å². The third kappa shape index (κ3) is 3.16. The zero-order valence-electron chi connectivity index (χ0n) is 11.7. The molecule has 1 aromatic carbocycles. The van der Waals surface area contributed by atoms with Gasteiger partial charge in [-0.15, -0.1) is 0 Å². The number of rotatable bonds is 7. The number of carbonyl (C=O) groups excluding carboxylic acids is 2. The number of hydrogen-bond donors (Lipinski definition) is 0. The molecule has 0 saturated heterocycles. The third-order valence-corrected chi connectivity index (χ3v) is 3.42. The molecule has 1 radical (unpaired) electrons. The minimum atomic E-state index is -0.161. The standard InChI is InChI=1S/C17H20NO2/c1-2-3-4-5-6-7-10-13-18-16(19)14-11-8-9-12-15(14)17(18)20/h5-6,8-9,11-12H,1-4,7,10,13H2. The summed E-state index contributed by atoms with van der Waals surface area (Å²) < 4.78 is 0. The Morgan fingerprint density at radius 2 is 1.50 bits per heavy atom. The zero-order valence-corrected chi connectivity index (χ0v) is 11.7. The summed E-state index contributed by atoms with van der Waals surface area (Å²) in [7, 11) is 0. The first-order chi connectivity index (χ1) is 9.75. The minimum absolute atomic E-state index is 0.161. The molecule has 105 valence electrons. The van der Waals surface area contributed by atoms with E-state index in [9.17, 15) is 9.59 Å². The van der Waals surface area contributed by atoms with Crippen LogP contribution in [0.25, 0.3) is 0 Å². The fraction of sp³-hybridized carbons (Fsp3) is 0.353. The number of fused-ring (bicyclic) bond motifs is 1. The first-order valence-corrected chi connectivity index (χ1v) is 7.15. The Kier molecular flexibility index (Phi) is 5.10. The third-order valence-electron chi connectivity index (χ3n) is 3.42. The van der Waals surface area contributed by atoms with Gasteiger partial charge < -0.3 is 0 Å². The van der Waals surface area contributed by atoms with Crippen molar-refractivity contribution in [2.75, 3.05) is 6.54 Å². The Morgan fingerprint density at radius 1 is 0.950 bits per heavy atom. The van der Waals surface area contributed by atoms with Gasteiger partial charge >= 0.3 is 0 Å². The number of nitrogens with zero attached hydrogens (tertiary/aromatic N) is 1. The van der Waals surface area contributed by atoms with Crippen molar-refractivity contribution < 1.29 is 9.59 Å². The highest BCUT2D eigenvalue weighted by Gasteiger charge is 2.34. The monoisotopic (exact) mass is 270 g/mol. The summed E-state index contributed by atoms with van der Waals surface area (Å²) in [6.07, 6.45) is 9.09. The van der Waals surface area contributed by atoms with Gasteiger partial charge in [0.1, 0.15) is 0 Å². The van der Waals surface area contributed by atoms with Crippen LogP contribution in [0.2, 0.25) is 0 Å². The second kappa shape index (κ2) is 7.04. The van der Waals surface area contributed by atoms with Gasteiger partial charge in [0.2, 0.25) is 0 Å². The molecule has 0 saturated carbocycles. The molecular weight excluding hydrogens is 250 g/mol. The first-order valence-electron chi connectivity index (χ1n) is 7.15. The van der Waals surface area contributed by atoms with Crippen LogP contribution in [0.15, 0.2) is 36.4 Å². The summed E-state index contributed by atoms with van der Waals surface area (Å²) in [5.74, 6) is -0.321. The van der Waals surface area contributed by atoms with Gasteiger partial charge in [-0.2, -0.15) is 0 Å². The molecule has 0 N–H and O–H groups in total. The summed E-state index contributed by atoms with van der Waals surface area (Å²) in [6, 6.07) is 7.01. The molecule has 0 spiro atoms. The zero-order chi connectivity index (χ0) is 14.4. The topological polar surface area (TPSA) is 37.4 Å². The van der Waals surface area contributed by atoms with Gasteiger partial charge in [-0.3, -0.25) is 14.5 Å². The molecule has 0 fully saturated rings. The lowest BCUT2D eigenvalue weighted by atomic mass is 10.1. The molecule has 0 bridgehead atoms. The largest absolute Gasteiger partial charge is 0.274 e. The molecule has 2 rings (SSSR count). The predicted molar refractivity (Wildman–Crippen MR) is 79.4 cm³/mol. The lowest BCUT2D eigenvalue weighted by molar-refractivity contribution is 0.0653. The van der Waals surface area contributed by atoms with E-state index in [1.165, 1.54) is 4.90 Å². The van der Waals surface area contributed by atoms with E-state index in [4.69, 9.17) is 0 Å². The molecule has 1 aromatic rings. The maximum absolute atomic E-state index is 12.1. The summed E-state index contributed by atoms with van der Waals surface area (Å²) in [4.78, 5) is 25.5. The molecule has 1 heterocycles. The van der Waals surface area contributed by atoms with Crippen LogP contribution in [0.5, 0.6) is 0 Å². The van der Waals surface area contributed by atoms with Crippen molar-refractivity contribution in [3.05, 3.63) is 54.5 Å². The van der Waals surface area contributed by atoms with Crippen molar-refractivity contribution in [2.24, 2.45) is 0 Å². The van der Waals surface area contributed by atoms with Gasteiger partial charge in [-0.05, 0) is 37.8 Å². The molecule has 0 unspecified atom stereocenters. The highest BCUT2D eigenvalue weighted by Crippen LogP contribution is 2.22. The summed E-state index contributed by atoms with van der Waals surface area (Å²) >= 11 is 0. The lowest BCUT2D eigenvalue weighted by Crippen LogP contribution is -2.30. The van der Waals surface area contributed by atoms with E-state index >= 15 is 0 Å². The van der Waals surface area contributed by atoms with Crippen LogP contribution in [0.3, 0.4) is 0 Å². The number of allylic oxidation sites excluding steroid dienone is 2. The number of carbonyl (C=O) groups is 2. The van der Waals surface area contributed by atoms with Crippen LogP contribution in [0.4, 0.5) is 0 Å². The van der Waals surface area contributed by atoms with Gasteiger partial charge in [-0.25, -0.2) is 0 Å². The van der Waals surface area contributed by atoms with Crippen LogP contribution in [-0.2, 0) is 0 Å². The van der Waals surface area contributed by atoms with Gasteiger partial charge in [0.25, 0.3) is 11.8 Å². The molecule has 0 aromatic heterocycles. The van der Waals surface area contributed by atoms with Gasteiger partial charge in [0, 0.05) is 6.54 Å². The van der Waals surface area contributed by atoms with Crippen molar-refractivity contribution in [2.45, 2.75) is 32.1 Å². The highest BCUT2D eigenvalue weighted by atomic mass is 16.2. The molecule has 1 aliphatic heterocycles. The van der Waals surface area contributed by atoms with Crippen molar-refractivity contribution in [3.8, 4) is 0 Å². The number of hydrogen-bond acceptors (Lipinski definition) is 2. The predicted octanol–water partition coefficient (Wildman–Crippen LogP) is 3.62. The Balaban J connectivity index is 1.82. The van der Waals surface area contributed by atoms with Gasteiger partial charge in [-0.1, -0.05) is 37.6 Å². The Bertz CT molecular complexity index is 484. The van der Waals surface area contributed by atoms with Gasteiger partial charge in [0.15, 0.2) is 0 Å². The van der Waals surface area contributed by atoms with Crippen molar-refractivity contribution in [3.63, 3.8) is 0 Å². The molecule has 20 heavy (non-hydrogen) atoms. The Hall–Kier alpha value is -1.90. The van der Waals surface area contributed by atoms with Crippen LogP contribution in [0.1, 0.15) is 52.8 Å². The lowest BCUT2D eigenvalue weighted by Gasteiger charge is -2.12. The Labute approximate surface area is 120 Å². The fourth-order valence-corrected chi connectivity index (χ4v) is 2.31. The number of imide groups is 1. The quantitative estimate of drug-likeness (QED) is 0.431. The second-order valence-corrected chi connectivity index (χ2v) is 4.92. The molecule has 2 amide bonds. The second-order valence-electron chi connectivity index (χ2n) is 4.92. The van der Waals surface area contributed by atoms with Crippen LogP contribution >= 0.6 is 0 Å². The molecule has 1 aliphatic rings. The normalized spacial score (nSPS) is 14.3. The van der Waals surface area contributed by atoms with E-state index in [0.717, 1.165) is 32.1 Å². The minimum Gasteiger partial charge on any atom is -0.274 e. The van der Waals surface area contributed by atoms with Crippen LogP contribution in [-0.4, -0.2) is 23.3 Å².